The molecule has 4 atom stereocenters. The maximum atomic E-state index is 13.7. The summed E-state index contributed by atoms with van der Waals surface area (Å²) in [4.78, 5) is 190. The maximum absolute atomic E-state index is 13.7. The average molecular weight is 2180 g/mol. The molecule has 5 aromatic carbocycles. The van der Waals surface area contributed by atoms with Gasteiger partial charge in [-0.25, -0.2) is 19.9 Å². The van der Waals surface area contributed by atoms with Gasteiger partial charge in [0.2, 0.25) is 35.4 Å². The van der Waals surface area contributed by atoms with Crippen molar-refractivity contribution in [3.8, 4) is 23.6 Å². The summed E-state index contributed by atoms with van der Waals surface area (Å²) in [7, 11) is 11.1. The molecule has 4 N–H and O–H groups in total. The Morgan fingerprint density at radius 1 is 0.447 bits per heavy atom. The lowest BCUT2D eigenvalue weighted by molar-refractivity contribution is -0.131. The van der Waals surface area contributed by atoms with E-state index in [0.29, 0.717) is 124 Å². The van der Waals surface area contributed by atoms with E-state index < -0.39 is 12.1 Å². The van der Waals surface area contributed by atoms with E-state index in [4.69, 9.17) is 9.47 Å². The Balaban J connectivity index is 0.000000178. The van der Waals surface area contributed by atoms with Gasteiger partial charge < -0.3 is 69.1 Å². The summed E-state index contributed by atoms with van der Waals surface area (Å²) in [6, 6.07) is 25.4. The molecule has 36 nitrogen and oxygen atoms in total. The van der Waals surface area contributed by atoms with Gasteiger partial charge in [-0.15, -0.1) is 0 Å². The number of carbonyl (C=O) groups excluding carboxylic acids is 12. The fourth-order valence-corrected chi connectivity index (χ4v) is 24.6. The molecule has 1 saturated carbocycles. The predicted molar refractivity (Wildman–Crippen MR) is 587 cm³/mol. The number of ether oxygens (including phenoxy) is 2. The van der Waals surface area contributed by atoms with Gasteiger partial charge in [0, 0.05) is 146 Å². The highest BCUT2D eigenvalue weighted by atomic mass is 32.2. The van der Waals surface area contributed by atoms with Gasteiger partial charge in [0.15, 0.2) is 20.5 Å². The first-order chi connectivity index (χ1) is 71.8. The molecule has 12 amide bonds. The van der Waals surface area contributed by atoms with Crippen molar-refractivity contribution in [2.45, 2.75) is 162 Å². The number of methoxy groups -OCH3 is 2. The molecule has 44 heteroatoms. The van der Waals surface area contributed by atoms with Crippen molar-refractivity contribution >= 4 is 184 Å². The first-order valence-corrected chi connectivity index (χ1v) is 54.8. The van der Waals surface area contributed by atoms with Crippen molar-refractivity contribution in [3.63, 3.8) is 0 Å². The summed E-state index contributed by atoms with van der Waals surface area (Å²) in [5.74, 6) is -0.954. The second-order valence-corrected chi connectivity index (χ2v) is 45.8. The van der Waals surface area contributed by atoms with Crippen LogP contribution in [0.5, 0.6) is 11.5 Å². The van der Waals surface area contributed by atoms with E-state index in [9.17, 15) is 68.1 Å². The Kier molecular flexibility index (Phi) is 41.1. The summed E-state index contributed by atoms with van der Waals surface area (Å²) < 4.78 is 16.5. The number of likely N-dealkylation sites (N-methyl/N-ethyl adjacent to an activating group) is 1. The molecule has 5 fully saturated rings. The van der Waals surface area contributed by atoms with Gasteiger partial charge in [-0.1, -0.05) is 157 Å². The van der Waals surface area contributed by atoms with E-state index in [-0.39, 0.29) is 115 Å². The number of hydrogen-bond donors (Lipinski definition) is 4. The predicted octanol–water partition coefficient (Wildman–Crippen LogP) is 15.9. The summed E-state index contributed by atoms with van der Waals surface area (Å²) in [5, 5.41) is 36.6. The number of rotatable bonds is 32. The number of nitriles is 2. The minimum absolute atomic E-state index is 0.0239. The zero-order chi connectivity index (χ0) is 109. The highest BCUT2D eigenvalue weighted by molar-refractivity contribution is 8.02. The van der Waals surface area contributed by atoms with E-state index in [0.717, 1.165) is 114 Å². The minimum Gasteiger partial charge on any atom is -0.496 e. The molecule has 5 aromatic heterocycles. The van der Waals surface area contributed by atoms with Gasteiger partial charge in [-0.3, -0.25) is 72.8 Å². The van der Waals surface area contributed by atoms with Crippen molar-refractivity contribution in [1.29, 1.82) is 10.5 Å². The monoisotopic (exact) mass is 2180 g/mol. The molecular weight excluding hydrogens is 2060 g/mol. The van der Waals surface area contributed by atoms with E-state index in [1.807, 2.05) is 150 Å². The second kappa shape index (κ2) is 53.7. The van der Waals surface area contributed by atoms with Crippen LogP contribution in [0.3, 0.4) is 0 Å². The van der Waals surface area contributed by atoms with Crippen LogP contribution >= 0.6 is 92.4 Å². The molecule has 788 valence electrons. The molecule has 4 aliphatic heterocycles. The molecule has 150 heavy (non-hydrogen) atoms. The highest BCUT2D eigenvalue weighted by Gasteiger charge is 2.39. The zero-order valence-corrected chi connectivity index (χ0v) is 92.9. The summed E-state index contributed by atoms with van der Waals surface area (Å²) in [5.41, 5.74) is 9.83. The van der Waals surface area contributed by atoms with Crippen molar-refractivity contribution in [1.82, 2.24) is 78.7 Å². The molecule has 0 unspecified atom stereocenters. The summed E-state index contributed by atoms with van der Waals surface area (Å²) in [6.07, 6.45) is 18.5. The number of nitrogens with zero attached hydrogens (tertiary/aromatic N) is 18. The Bertz CT molecular complexity index is 6830. The smallest absolute Gasteiger partial charge is 0.260 e. The standard InChI is InChI=1S/C31H37N5O4S2.C29H37N7O4S2.C24H25N5O3S2.C22H23N5O3S2/c1-7-23-19-35(12-13-36(23)27(37)8-2)30(39)24-16-26(20(3)14-25(24)40-6)41-28-17-32-31(42-28)33-29(38)22-11-9-10-21(15-22)18-34(4)5;1-7-21-18-34(10-12-36(21)25(37)8-2)28(39)22-14-24(19(3)13-23(22)40-6)41-26-16-30-29(42-26)32-27(38)20-15-31-35(17-20)11-9-33(4)5;1-4-20(30)29-8-7-28(13-17(29)11-25)23(32)18-10-19(15(3)9-14(18)2)33-21-12-26-24(34-21)27-22(31)16-5-6-16;1-5-19(29)27-7-6-26(12-16(27)10-23)21(30)17-9-18(14(3)8-13(17)2)31-20-11-24-22(32-20)25-15(4)28/h8-11,14-17,23H,2,7,12-13,18-19H2,1,3-6H3,(H,32,33,38);8,13-17,21H,2,7,9-12,18H2,1,3-6H3,(H,30,32,38);4,9-10,12,16-17H,1,5-8,13H2,2-3H3,(H,26,27,31);5,8-9,11,16H,1,6-7,12H2,2-4H3,(H,24,25,28)/t23-;21-;17-;16-/m1111/s1. The van der Waals surface area contributed by atoms with Gasteiger partial charge in [0.25, 0.3) is 35.4 Å². The third-order valence-electron chi connectivity index (χ3n) is 24.9. The number of piperazine rings is 4. The van der Waals surface area contributed by atoms with Crippen LogP contribution < -0.4 is 30.7 Å². The summed E-state index contributed by atoms with van der Waals surface area (Å²) in [6.45, 7) is 37.8. The minimum atomic E-state index is -0.706. The Morgan fingerprint density at radius 2 is 0.807 bits per heavy atom. The number of aromatic nitrogens is 6. The number of nitrogens with one attached hydrogen (secondary N) is 4. The molecular formula is C106H122N22O14S8. The van der Waals surface area contributed by atoms with Crippen LogP contribution in [0.25, 0.3) is 0 Å². The van der Waals surface area contributed by atoms with Crippen LogP contribution in [0.4, 0.5) is 20.5 Å². The molecule has 15 rings (SSSR count). The normalized spacial score (nSPS) is 15.8. The highest BCUT2D eigenvalue weighted by Crippen LogP contribution is 2.44. The Hall–Kier alpha value is -13.7. The lowest BCUT2D eigenvalue weighted by Crippen LogP contribution is -2.56. The lowest BCUT2D eigenvalue weighted by Gasteiger charge is -2.41. The molecule has 5 aliphatic rings. The second-order valence-electron chi connectivity index (χ2n) is 36.3. The van der Waals surface area contributed by atoms with Gasteiger partial charge in [-0.2, -0.15) is 15.6 Å². The van der Waals surface area contributed by atoms with Crippen molar-refractivity contribution in [2.24, 2.45) is 5.92 Å². The van der Waals surface area contributed by atoms with Gasteiger partial charge in [-0.05, 0) is 207 Å². The van der Waals surface area contributed by atoms with Crippen LogP contribution in [-0.4, -0.2) is 301 Å². The number of benzene rings is 5. The molecule has 1 aliphatic carbocycles. The van der Waals surface area contributed by atoms with E-state index in [2.05, 4.69) is 94.6 Å². The number of anilines is 4. The van der Waals surface area contributed by atoms with E-state index >= 15 is 0 Å². The zero-order valence-electron chi connectivity index (χ0n) is 86.4. The van der Waals surface area contributed by atoms with Crippen molar-refractivity contribution < 1.29 is 67.0 Å². The van der Waals surface area contributed by atoms with E-state index in [1.54, 1.807) is 91.5 Å². The molecule has 10 aromatic rings. The maximum Gasteiger partial charge on any atom is 0.260 e. The fourth-order valence-electron chi connectivity index (χ4n) is 16.8. The molecule has 0 spiro atoms. The Morgan fingerprint density at radius 3 is 1.17 bits per heavy atom. The van der Waals surface area contributed by atoms with Crippen molar-refractivity contribution in [2.75, 3.05) is 149 Å². The van der Waals surface area contributed by atoms with Gasteiger partial charge in [0.1, 0.15) is 23.6 Å². The van der Waals surface area contributed by atoms with Gasteiger partial charge in [0.05, 0.1) is 111 Å². The van der Waals surface area contributed by atoms with Crippen LogP contribution in [-0.2, 0) is 41.9 Å². The quantitative estimate of drug-likeness (QED) is 0.0284. The third-order valence-corrected chi connectivity index (χ3v) is 33.6. The first kappa shape index (κ1) is 115. The SMILES string of the molecule is C=CC(=O)N1CCN(C(=O)c2cc(Sc3cnc(NC(=O)C4CC4)s3)c(C)cc2C)C[C@H]1C#N.C=CC(=O)N1CCN(C(=O)c2cc(Sc3cnc(NC(=O)c4cccc(CN(C)C)c4)s3)c(C)cc2OC)C[C@H]1CC.C=CC(=O)N1CCN(C(=O)c2cc(Sc3cnc(NC(=O)c4cnn(CCN(C)C)c4)s3)c(C)cc2OC)C[C@H]1CC.C=CC(=O)N1CCN(C(=O)c2cc(Sc3cnc(NC(C)=O)s3)c(C)cc2C)C[C@H]1C#N. The third kappa shape index (κ3) is 30.2. The Labute approximate surface area is 906 Å². The number of aryl methyl sites for hydroxylation is 6. The number of thiazole rings is 4. The van der Waals surface area contributed by atoms with Crippen LogP contribution in [0.1, 0.15) is 148 Å². The fraction of sp³-hybridized carbons (Fsp3) is 0.368. The number of amides is 12. The van der Waals surface area contributed by atoms with Crippen LogP contribution in [0.15, 0.2) is 197 Å². The van der Waals surface area contributed by atoms with Crippen LogP contribution in [0, 0.1) is 70.1 Å². The molecule has 0 bridgehead atoms. The first-order valence-electron chi connectivity index (χ1n) is 48.2. The van der Waals surface area contributed by atoms with Crippen LogP contribution in [0.2, 0.25) is 0 Å². The van der Waals surface area contributed by atoms with Gasteiger partial charge >= 0.3 is 0 Å². The molecule has 0 radical (unpaired) electrons. The number of carbonyl (C=O) groups is 12. The van der Waals surface area contributed by atoms with E-state index in [1.165, 1.54) is 133 Å². The molecule has 9 heterocycles. The molecule has 4 saturated heterocycles. The lowest BCUT2D eigenvalue weighted by atomic mass is 10.0. The summed E-state index contributed by atoms with van der Waals surface area (Å²) >= 11 is 11.4. The number of hydrogen-bond acceptors (Lipinski definition) is 31. The van der Waals surface area contributed by atoms with Crippen molar-refractivity contribution in [3.05, 3.63) is 233 Å². The largest absolute Gasteiger partial charge is 0.496 e. The topological polar surface area (TPSA) is 421 Å². The average Bonchev–Trinajstić information content (AvgIpc) is 1.08.